The van der Waals surface area contributed by atoms with Crippen molar-refractivity contribution < 1.29 is 13.2 Å². The van der Waals surface area contributed by atoms with Crippen molar-refractivity contribution in [2.75, 3.05) is 13.6 Å². The van der Waals surface area contributed by atoms with Crippen LogP contribution < -0.4 is 10.7 Å². The van der Waals surface area contributed by atoms with Gasteiger partial charge in [-0.3, -0.25) is 15.5 Å². The lowest BCUT2D eigenvalue weighted by atomic mass is 9.94. The van der Waals surface area contributed by atoms with E-state index in [1.807, 2.05) is 29.8 Å². The molecule has 1 unspecified atom stereocenters. The number of nitrogens with zero attached hydrogens (tertiary/aromatic N) is 1. The molecule has 110 valence electrons. The van der Waals surface area contributed by atoms with Crippen molar-refractivity contribution in [3.05, 3.63) is 29.3 Å². The molecule has 7 heteroatoms. The molecule has 2 rings (SSSR count). The molecule has 3 N–H and O–H groups in total. The van der Waals surface area contributed by atoms with E-state index < -0.39 is 10.0 Å². The van der Waals surface area contributed by atoms with Crippen LogP contribution in [0.2, 0.25) is 0 Å². The SMILES string of the molecule is Cc1ccc(S(=O)(=O)NN)c(C2CC(=O)CCN2C)c1. The summed E-state index contributed by atoms with van der Waals surface area (Å²) in [4.78, 5) is 15.7. The van der Waals surface area contributed by atoms with Crippen LogP contribution in [-0.4, -0.2) is 32.7 Å². The van der Waals surface area contributed by atoms with E-state index in [9.17, 15) is 13.2 Å². The Kier molecular flexibility index (Phi) is 4.24. The summed E-state index contributed by atoms with van der Waals surface area (Å²) in [5.74, 6) is 5.27. The van der Waals surface area contributed by atoms with Gasteiger partial charge in [-0.05, 0) is 25.6 Å². The second-order valence-electron chi connectivity index (χ2n) is 5.15. The lowest BCUT2D eigenvalue weighted by Crippen LogP contribution is -2.36. The number of rotatable bonds is 3. The zero-order chi connectivity index (χ0) is 14.9. The summed E-state index contributed by atoms with van der Waals surface area (Å²) >= 11 is 0. The number of nitrogens with two attached hydrogens (primary N) is 1. The third-order valence-electron chi connectivity index (χ3n) is 3.67. The Morgan fingerprint density at radius 1 is 1.40 bits per heavy atom. The van der Waals surface area contributed by atoms with Gasteiger partial charge >= 0.3 is 0 Å². The first-order chi connectivity index (χ1) is 9.35. The van der Waals surface area contributed by atoms with E-state index in [0.717, 1.165) is 5.56 Å². The van der Waals surface area contributed by atoms with Gasteiger partial charge in [0.1, 0.15) is 5.78 Å². The predicted molar refractivity (Wildman–Crippen MR) is 75.3 cm³/mol. The van der Waals surface area contributed by atoms with Crippen LogP contribution in [0.1, 0.15) is 30.0 Å². The second kappa shape index (κ2) is 5.61. The summed E-state index contributed by atoms with van der Waals surface area (Å²) < 4.78 is 24.0. The van der Waals surface area contributed by atoms with Crippen molar-refractivity contribution in [3.63, 3.8) is 0 Å². The number of benzene rings is 1. The van der Waals surface area contributed by atoms with Crippen LogP contribution in [0.15, 0.2) is 23.1 Å². The molecule has 1 fully saturated rings. The van der Waals surface area contributed by atoms with Gasteiger partial charge in [0.25, 0.3) is 10.0 Å². The van der Waals surface area contributed by atoms with Crippen molar-refractivity contribution in [1.82, 2.24) is 9.73 Å². The van der Waals surface area contributed by atoms with Crippen LogP contribution in [0, 0.1) is 6.92 Å². The molecular weight excluding hydrogens is 278 g/mol. The van der Waals surface area contributed by atoms with Crippen LogP contribution in [0.25, 0.3) is 0 Å². The van der Waals surface area contributed by atoms with Crippen LogP contribution in [0.3, 0.4) is 0 Å². The van der Waals surface area contributed by atoms with E-state index in [2.05, 4.69) is 0 Å². The largest absolute Gasteiger partial charge is 0.300 e. The van der Waals surface area contributed by atoms with Crippen LogP contribution in [0.5, 0.6) is 0 Å². The number of aryl methyl sites for hydroxylation is 1. The van der Waals surface area contributed by atoms with E-state index in [1.165, 1.54) is 6.07 Å². The first-order valence-electron chi connectivity index (χ1n) is 6.40. The van der Waals surface area contributed by atoms with Gasteiger partial charge in [0.05, 0.1) is 4.90 Å². The minimum Gasteiger partial charge on any atom is -0.300 e. The second-order valence-corrected chi connectivity index (χ2v) is 6.83. The zero-order valence-electron chi connectivity index (χ0n) is 11.6. The number of hydrazine groups is 1. The fourth-order valence-electron chi connectivity index (χ4n) is 2.51. The minimum absolute atomic E-state index is 0.136. The number of ketones is 1. The van der Waals surface area contributed by atoms with E-state index in [0.29, 0.717) is 24.9 Å². The van der Waals surface area contributed by atoms with E-state index in [1.54, 1.807) is 6.07 Å². The van der Waals surface area contributed by atoms with Crippen molar-refractivity contribution in [1.29, 1.82) is 0 Å². The van der Waals surface area contributed by atoms with Gasteiger partial charge in [-0.15, -0.1) is 0 Å². The van der Waals surface area contributed by atoms with Gasteiger partial charge in [0, 0.05) is 25.4 Å². The van der Waals surface area contributed by atoms with Crippen LogP contribution >= 0.6 is 0 Å². The summed E-state index contributed by atoms with van der Waals surface area (Å²) in [7, 11) is -1.85. The van der Waals surface area contributed by atoms with Gasteiger partial charge < -0.3 is 0 Å². The normalized spacial score (nSPS) is 21.1. The average molecular weight is 297 g/mol. The lowest BCUT2D eigenvalue weighted by Gasteiger charge is -2.33. The molecule has 1 aliphatic rings. The maximum absolute atomic E-state index is 12.0. The maximum atomic E-state index is 12.0. The molecule has 0 aromatic heterocycles. The molecule has 0 bridgehead atoms. The Labute approximate surface area is 119 Å². The highest BCUT2D eigenvalue weighted by Crippen LogP contribution is 2.32. The lowest BCUT2D eigenvalue weighted by molar-refractivity contribution is -0.122. The van der Waals surface area contributed by atoms with Gasteiger partial charge in [0.15, 0.2) is 0 Å². The highest BCUT2D eigenvalue weighted by atomic mass is 32.2. The van der Waals surface area contributed by atoms with Crippen molar-refractivity contribution in [3.8, 4) is 0 Å². The van der Waals surface area contributed by atoms with Crippen LogP contribution in [-0.2, 0) is 14.8 Å². The number of hydrogen-bond donors (Lipinski definition) is 2. The maximum Gasteiger partial charge on any atom is 0.253 e. The molecular formula is C13H19N3O3S. The molecule has 0 spiro atoms. The predicted octanol–water partition coefficient (Wildman–Crippen LogP) is 0.483. The third kappa shape index (κ3) is 2.90. The molecule has 0 amide bonds. The minimum atomic E-state index is -3.75. The quantitative estimate of drug-likeness (QED) is 0.625. The zero-order valence-corrected chi connectivity index (χ0v) is 12.4. The highest BCUT2D eigenvalue weighted by molar-refractivity contribution is 7.89. The molecule has 1 saturated heterocycles. The molecule has 1 aliphatic heterocycles. The van der Waals surface area contributed by atoms with Crippen molar-refractivity contribution in [2.45, 2.75) is 30.7 Å². The number of Topliss-reactive ketones (excluding diaryl/α,β-unsaturated/α-hetero) is 1. The first-order valence-corrected chi connectivity index (χ1v) is 7.88. The van der Waals surface area contributed by atoms with Crippen LogP contribution in [0.4, 0.5) is 0 Å². The number of hydrogen-bond acceptors (Lipinski definition) is 5. The Hall–Kier alpha value is -1.28. The molecule has 1 aromatic carbocycles. The van der Waals surface area contributed by atoms with E-state index >= 15 is 0 Å². The van der Waals surface area contributed by atoms with E-state index in [-0.39, 0.29) is 16.7 Å². The number of piperidine rings is 1. The monoisotopic (exact) mass is 297 g/mol. The Balaban J connectivity index is 2.54. The number of nitrogens with one attached hydrogen (secondary N) is 1. The summed E-state index contributed by atoms with van der Waals surface area (Å²) in [6.45, 7) is 2.52. The number of carbonyl (C=O) groups excluding carboxylic acids is 1. The summed E-state index contributed by atoms with van der Waals surface area (Å²) in [5, 5.41) is 0. The summed E-state index contributed by atoms with van der Waals surface area (Å²) in [6, 6.07) is 4.84. The third-order valence-corrected chi connectivity index (χ3v) is 4.93. The van der Waals surface area contributed by atoms with E-state index in [4.69, 9.17) is 5.84 Å². The Bertz CT molecular complexity index is 628. The molecule has 0 saturated carbocycles. The molecule has 0 radical (unpaired) electrons. The van der Waals surface area contributed by atoms with Crippen molar-refractivity contribution in [2.24, 2.45) is 5.84 Å². The highest BCUT2D eigenvalue weighted by Gasteiger charge is 2.30. The van der Waals surface area contributed by atoms with Gasteiger partial charge in [-0.25, -0.2) is 8.42 Å². The topological polar surface area (TPSA) is 92.5 Å². The standard InChI is InChI=1S/C13H19N3O3S/c1-9-3-4-13(20(18,19)15-14)11(7-9)12-8-10(17)5-6-16(12)2/h3-4,7,12,15H,5-6,8,14H2,1-2H3. The number of likely N-dealkylation sites (tertiary alicyclic amines) is 1. The van der Waals surface area contributed by atoms with Gasteiger partial charge in [-0.1, -0.05) is 17.7 Å². The Morgan fingerprint density at radius 2 is 2.10 bits per heavy atom. The number of sulfonamides is 1. The number of carbonyl (C=O) groups is 1. The molecule has 1 heterocycles. The molecule has 1 atom stereocenters. The van der Waals surface area contributed by atoms with Gasteiger partial charge in [-0.2, -0.15) is 4.83 Å². The van der Waals surface area contributed by atoms with Gasteiger partial charge in [0.2, 0.25) is 0 Å². The first kappa shape index (κ1) is 15.1. The molecule has 1 aromatic rings. The fourth-order valence-corrected chi connectivity index (χ4v) is 3.39. The molecule has 20 heavy (non-hydrogen) atoms. The van der Waals surface area contributed by atoms with Crippen molar-refractivity contribution >= 4 is 15.8 Å². The summed E-state index contributed by atoms with van der Waals surface area (Å²) in [6.07, 6.45) is 0.836. The molecule has 0 aliphatic carbocycles. The molecule has 6 nitrogen and oxygen atoms in total. The fraction of sp³-hybridized carbons (Fsp3) is 0.462. The smallest absolute Gasteiger partial charge is 0.253 e. The summed E-state index contributed by atoms with van der Waals surface area (Å²) in [5.41, 5.74) is 1.57. The Morgan fingerprint density at radius 3 is 2.75 bits per heavy atom. The average Bonchev–Trinajstić information content (AvgIpc) is 2.41.